The minimum absolute atomic E-state index is 0.448. The highest BCUT2D eigenvalue weighted by Crippen LogP contribution is 2.33. The van der Waals surface area contributed by atoms with Gasteiger partial charge in [-0.15, -0.1) is 10.2 Å². The SMILES string of the molecule is Cn1cnnc1Sc1ccc2ncnc(-c3cccnc3N)c2c1. The van der Waals surface area contributed by atoms with E-state index in [9.17, 15) is 0 Å². The normalized spacial score (nSPS) is 11.0. The van der Waals surface area contributed by atoms with Crippen LogP contribution in [0.5, 0.6) is 0 Å². The number of nitrogen functional groups attached to an aromatic ring is 1. The van der Waals surface area contributed by atoms with Crippen LogP contribution in [0.2, 0.25) is 0 Å². The summed E-state index contributed by atoms with van der Waals surface area (Å²) >= 11 is 1.53. The molecule has 0 saturated carbocycles. The Labute approximate surface area is 142 Å². The summed E-state index contributed by atoms with van der Waals surface area (Å²) in [6.45, 7) is 0. The number of benzene rings is 1. The molecule has 8 heteroatoms. The van der Waals surface area contributed by atoms with Gasteiger partial charge in [-0.25, -0.2) is 15.0 Å². The number of hydrogen-bond acceptors (Lipinski definition) is 7. The standard InChI is InChI=1S/C16H13N7S/c1-23-9-21-22-16(23)24-10-4-5-13-12(7-10)14(20-8-19-13)11-3-2-6-18-15(11)17/h2-9H,1H3,(H2,17,18). The fourth-order valence-electron chi connectivity index (χ4n) is 2.40. The number of pyridine rings is 1. The highest BCUT2D eigenvalue weighted by molar-refractivity contribution is 7.99. The molecule has 0 saturated heterocycles. The van der Waals surface area contributed by atoms with Crippen molar-refractivity contribution in [2.75, 3.05) is 5.73 Å². The van der Waals surface area contributed by atoms with E-state index in [1.54, 1.807) is 18.9 Å². The second-order valence-electron chi connectivity index (χ2n) is 5.16. The molecule has 0 amide bonds. The predicted octanol–water partition coefficient (Wildman–Crippen LogP) is 2.55. The van der Waals surface area contributed by atoms with Gasteiger partial charge in [0, 0.05) is 29.1 Å². The number of anilines is 1. The maximum absolute atomic E-state index is 6.01. The molecule has 24 heavy (non-hydrogen) atoms. The molecular formula is C16H13N7S. The fourth-order valence-corrected chi connectivity index (χ4v) is 3.20. The third-order valence-electron chi connectivity index (χ3n) is 3.58. The van der Waals surface area contributed by atoms with Crippen LogP contribution in [0.15, 0.2) is 59.2 Å². The number of aromatic nitrogens is 6. The van der Waals surface area contributed by atoms with Crippen molar-refractivity contribution in [2.45, 2.75) is 10.1 Å². The molecule has 4 rings (SSSR count). The topological polar surface area (TPSA) is 95.4 Å². The third kappa shape index (κ3) is 2.56. The molecule has 0 bridgehead atoms. The molecule has 7 nitrogen and oxygen atoms in total. The van der Waals surface area contributed by atoms with E-state index in [-0.39, 0.29) is 0 Å². The molecule has 3 aromatic heterocycles. The summed E-state index contributed by atoms with van der Waals surface area (Å²) in [7, 11) is 1.91. The van der Waals surface area contributed by atoms with Crippen molar-refractivity contribution in [3.05, 3.63) is 49.2 Å². The minimum atomic E-state index is 0.448. The summed E-state index contributed by atoms with van der Waals surface area (Å²) in [5.41, 5.74) is 8.43. The molecule has 0 aliphatic carbocycles. The van der Waals surface area contributed by atoms with Crippen molar-refractivity contribution in [1.82, 2.24) is 29.7 Å². The van der Waals surface area contributed by atoms with Crippen LogP contribution in [-0.4, -0.2) is 29.7 Å². The number of rotatable bonds is 3. The van der Waals surface area contributed by atoms with Crippen molar-refractivity contribution in [3.8, 4) is 11.3 Å². The van der Waals surface area contributed by atoms with E-state index in [4.69, 9.17) is 5.73 Å². The lowest BCUT2D eigenvalue weighted by Gasteiger charge is -2.08. The Morgan fingerprint density at radius 3 is 2.83 bits per heavy atom. The van der Waals surface area contributed by atoms with E-state index in [0.717, 1.165) is 32.2 Å². The van der Waals surface area contributed by atoms with Gasteiger partial charge in [0.2, 0.25) is 0 Å². The summed E-state index contributed by atoms with van der Waals surface area (Å²) in [4.78, 5) is 13.9. The molecule has 4 aromatic rings. The average Bonchev–Trinajstić information content (AvgIpc) is 3.00. The Morgan fingerprint density at radius 2 is 2.04 bits per heavy atom. The van der Waals surface area contributed by atoms with Gasteiger partial charge in [-0.2, -0.15) is 0 Å². The Hall–Kier alpha value is -3.00. The molecule has 118 valence electrons. The summed E-state index contributed by atoms with van der Waals surface area (Å²) in [5, 5.41) is 9.73. The Kier molecular flexibility index (Phi) is 3.58. The predicted molar refractivity (Wildman–Crippen MR) is 92.3 cm³/mol. The molecule has 3 heterocycles. The van der Waals surface area contributed by atoms with E-state index in [2.05, 4.69) is 25.1 Å². The summed E-state index contributed by atoms with van der Waals surface area (Å²) in [5.74, 6) is 0.448. The van der Waals surface area contributed by atoms with Crippen LogP contribution in [0.1, 0.15) is 0 Å². The number of hydrogen-bond donors (Lipinski definition) is 1. The average molecular weight is 335 g/mol. The zero-order valence-corrected chi connectivity index (χ0v) is 13.6. The van der Waals surface area contributed by atoms with Gasteiger partial charge in [-0.1, -0.05) is 0 Å². The Bertz CT molecular complexity index is 1030. The van der Waals surface area contributed by atoms with Crippen molar-refractivity contribution in [3.63, 3.8) is 0 Å². The van der Waals surface area contributed by atoms with E-state index >= 15 is 0 Å². The second kappa shape index (κ2) is 5.89. The fraction of sp³-hybridized carbons (Fsp3) is 0.0625. The zero-order valence-electron chi connectivity index (χ0n) is 12.8. The van der Waals surface area contributed by atoms with Crippen LogP contribution in [-0.2, 0) is 7.05 Å². The molecule has 0 aliphatic rings. The minimum Gasteiger partial charge on any atom is -0.383 e. The first-order chi connectivity index (χ1) is 11.7. The smallest absolute Gasteiger partial charge is 0.195 e. The summed E-state index contributed by atoms with van der Waals surface area (Å²) in [6.07, 6.45) is 4.88. The number of fused-ring (bicyclic) bond motifs is 1. The van der Waals surface area contributed by atoms with Gasteiger partial charge in [0.15, 0.2) is 5.16 Å². The maximum atomic E-state index is 6.01. The lowest BCUT2D eigenvalue weighted by molar-refractivity contribution is 0.788. The molecule has 0 aliphatic heterocycles. The first-order valence-corrected chi connectivity index (χ1v) is 8.01. The first-order valence-electron chi connectivity index (χ1n) is 7.20. The van der Waals surface area contributed by atoms with Crippen LogP contribution in [0, 0.1) is 0 Å². The zero-order chi connectivity index (χ0) is 16.5. The molecule has 0 fully saturated rings. The summed E-state index contributed by atoms with van der Waals surface area (Å²) in [6, 6.07) is 9.76. The number of aryl methyl sites for hydroxylation is 1. The highest BCUT2D eigenvalue weighted by Gasteiger charge is 2.12. The van der Waals surface area contributed by atoms with Crippen molar-refractivity contribution in [2.24, 2.45) is 7.05 Å². The molecule has 0 radical (unpaired) electrons. The number of nitrogens with zero attached hydrogens (tertiary/aromatic N) is 6. The van der Waals surface area contributed by atoms with Crippen LogP contribution in [0.4, 0.5) is 5.82 Å². The van der Waals surface area contributed by atoms with E-state index in [1.807, 2.05) is 41.9 Å². The monoisotopic (exact) mass is 335 g/mol. The van der Waals surface area contributed by atoms with Gasteiger partial charge in [0.1, 0.15) is 18.5 Å². The second-order valence-corrected chi connectivity index (χ2v) is 6.20. The summed E-state index contributed by atoms with van der Waals surface area (Å²) < 4.78 is 1.87. The van der Waals surface area contributed by atoms with E-state index in [1.165, 1.54) is 11.8 Å². The van der Waals surface area contributed by atoms with Gasteiger partial charge in [0.25, 0.3) is 0 Å². The quantitative estimate of drug-likeness (QED) is 0.614. The van der Waals surface area contributed by atoms with Gasteiger partial charge < -0.3 is 10.3 Å². The maximum Gasteiger partial charge on any atom is 0.195 e. The lowest BCUT2D eigenvalue weighted by Crippen LogP contribution is -1.96. The lowest BCUT2D eigenvalue weighted by atomic mass is 10.1. The third-order valence-corrected chi connectivity index (χ3v) is 4.62. The highest BCUT2D eigenvalue weighted by atomic mass is 32.2. The number of nitrogens with two attached hydrogens (primary N) is 1. The van der Waals surface area contributed by atoms with E-state index in [0.29, 0.717) is 5.82 Å². The van der Waals surface area contributed by atoms with Crippen LogP contribution in [0.25, 0.3) is 22.2 Å². The molecule has 1 aromatic carbocycles. The van der Waals surface area contributed by atoms with Crippen LogP contribution >= 0.6 is 11.8 Å². The van der Waals surface area contributed by atoms with Crippen molar-refractivity contribution in [1.29, 1.82) is 0 Å². The van der Waals surface area contributed by atoms with Crippen LogP contribution < -0.4 is 5.73 Å². The molecule has 2 N–H and O–H groups in total. The van der Waals surface area contributed by atoms with Gasteiger partial charge >= 0.3 is 0 Å². The Morgan fingerprint density at radius 1 is 1.12 bits per heavy atom. The van der Waals surface area contributed by atoms with Gasteiger partial charge in [-0.05, 0) is 42.1 Å². The molecule has 0 atom stereocenters. The first kappa shape index (κ1) is 14.6. The van der Waals surface area contributed by atoms with Crippen molar-refractivity contribution < 1.29 is 0 Å². The van der Waals surface area contributed by atoms with Gasteiger partial charge in [-0.3, -0.25) is 0 Å². The molecule has 0 spiro atoms. The van der Waals surface area contributed by atoms with Crippen molar-refractivity contribution >= 4 is 28.5 Å². The van der Waals surface area contributed by atoms with Crippen LogP contribution in [0.3, 0.4) is 0 Å². The van der Waals surface area contributed by atoms with E-state index < -0.39 is 0 Å². The largest absolute Gasteiger partial charge is 0.383 e. The van der Waals surface area contributed by atoms with Gasteiger partial charge in [0.05, 0.1) is 11.2 Å². The Balaban J connectivity index is 1.85. The molecular weight excluding hydrogens is 322 g/mol. The molecule has 0 unspecified atom stereocenters.